The Balaban J connectivity index is 2.49. The number of aliphatic hydroxyl groups excluding tert-OH is 1. The first-order chi connectivity index (χ1) is 10.6. The van der Waals surface area contributed by atoms with Crippen LogP contribution >= 0.6 is 0 Å². The summed E-state index contributed by atoms with van der Waals surface area (Å²) in [6, 6.07) is 8.23. The van der Waals surface area contributed by atoms with Crippen LogP contribution in [0.5, 0.6) is 0 Å². The second kappa shape index (κ2) is 10.8. The maximum Gasteiger partial charge on any atom is 0.303 e. The molecule has 2 N–H and O–H groups in total. The fourth-order valence-corrected chi connectivity index (χ4v) is 2.17. The second-order valence-corrected chi connectivity index (χ2v) is 5.38. The Morgan fingerprint density at radius 1 is 1.27 bits per heavy atom. The third-order valence-corrected chi connectivity index (χ3v) is 3.39. The topological polar surface area (TPSA) is 57.5 Å². The Labute approximate surface area is 133 Å². The van der Waals surface area contributed by atoms with Crippen molar-refractivity contribution in [2.75, 3.05) is 0 Å². The van der Waals surface area contributed by atoms with Crippen molar-refractivity contribution in [3.8, 4) is 0 Å². The molecule has 0 amide bonds. The molecule has 0 aromatic heterocycles. The van der Waals surface area contributed by atoms with Crippen LogP contribution in [0.25, 0.3) is 6.08 Å². The molecule has 0 saturated carbocycles. The van der Waals surface area contributed by atoms with E-state index in [1.54, 1.807) is 6.08 Å². The van der Waals surface area contributed by atoms with Gasteiger partial charge in [-0.05, 0) is 36.8 Å². The standard InChI is InChI=1S/C19H26O3/c1-2-3-4-9-16-10-5-6-11-17(16)12-7-13-18(20)14-8-15-19(21)22/h4-7,9-11,13,18,20H,2-3,8,12,14-15H2,1H3,(H,21,22)/b9-4+,13-7+/t18-/m1/s1. The smallest absolute Gasteiger partial charge is 0.303 e. The maximum atomic E-state index is 10.4. The molecule has 1 aromatic carbocycles. The summed E-state index contributed by atoms with van der Waals surface area (Å²) in [5, 5.41) is 18.4. The Bertz CT molecular complexity index is 503. The molecule has 0 fully saturated rings. The highest BCUT2D eigenvalue weighted by atomic mass is 16.4. The fourth-order valence-electron chi connectivity index (χ4n) is 2.17. The predicted molar refractivity (Wildman–Crippen MR) is 90.7 cm³/mol. The monoisotopic (exact) mass is 302 g/mol. The van der Waals surface area contributed by atoms with Gasteiger partial charge in [-0.2, -0.15) is 0 Å². The van der Waals surface area contributed by atoms with Crippen molar-refractivity contribution in [1.29, 1.82) is 0 Å². The highest BCUT2D eigenvalue weighted by molar-refractivity contribution is 5.66. The summed E-state index contributed by atoms with van der Waals surface area (Å²) in [6.07, 6.45) is 11.6. The van der Waals surface area contributed by atoms with Crippen LogP contribution < -0.4 is 0 Å². The Kier molecular flexibility index (Phi) is 8.92. The number of aliphatic carboxylic acids is 1. The summed E-state index contributed by atoms with van der Waals surface area (Å²) in [4.78, 5) is 10.4. The molecule has 3 nitrogen and oxygen atoms in total. The molecule has 1 atom stereocenters. The van der Waals surface area contributed by atoms with Gasteiger partial charge in [0.2, 0.25) is 0 Å². The number of unbranched alkanes of at least 4 members (excludes halogenated alkanes) is 1. The average Bonchev–Trinajstić information content (AvgIpc) is 2.48. The summed E-state index contributed by atoms with van der Waals surface area (Å²) >= 11 is 0. The molecule has 0 bridgehead atoms. The van der Waals surface area contributed by atoms with E-state index in [0.29, 0.717) is 12.8 Å². The molecule has 3 heteroatoms. The van der Waals surface area contributed by atoms with E-state index in [0.717, 1.165) is 19.3 Å². The minimum absolute atomic E-state index is 0.107. The molecule has 0 spiro atoms. The minimum Gasteiger partial charge on any atom is -0.481 e. The number of allylic oxidation sites excluding steroid dienone is 2. The lowest BCUT2D eigenvalue weighted by molar-refractivity contribution is -0.137. The molecule has 1 aromatic rings. The van der Waals surface area contributed by atoms with Crippen molar-refractivity contribution in [2.45, 2.75) is 51.6 Å². The van der Waals surface area contributed by atoms with E-state index in [2.05, 4.69) is 31.2 Å². The van der Waals surface area contributed by atoms with E-state index in [1.807, 2.05) is 18.2 Å². The first-order valence-corrected chi connectivity index (χ1v) is 7.94. The lowest BCUT2D eigenvalue weighted by Crippen LogP contribution is -2.04. The number of benzene rings is 1. The molecule has 0 aliphatic heterocycles. The predicted octanol–water partition coefficient (Wildman–Crippen LogP) is 4.21. The normalized spacial score (nSPS) is 13.0. The Morgan fingerprint density at radius 3 is 2.77 bits per heavy atom. The quantitative estimate of drug-likeness (QED) is 0.636. The third kappa shape index (κ3) is 7.79. The largest absolute Gasteiger partial charge is 0.481 e. The van der Waals surface area contributed by atoms with Gasteiger partial charge in [0.05, 0.1) is 6.10 Å². The zero-order valence-electron chi connectivity index (χ0n) is 13.2. The molecule has 0 heterocycles. The lowest BCUT2D eigenvalue weighted by Gasteiger charge is -2.05. The third-order valence-electron chi connectivity index (χ3n) is 3.39. The van der Waals surface area contributed by atoms with Crippen LogP contribution in [-0.2, 0) is 11.2 Å². The van der Waals surface area contributed by atoms with E-state index in [1.165, 1.54) is 11.1 Å². The molecule has 0 saturated heterocycles. The van der Waals surface area contributed by atoms with Crippen LogP contribution in [-0.4, -0.2) is 22.3 Å². The van der Waals surface area contributed by atoms with Gasteiger partial charge >= 0.3 is 5.97 Å². The first-order valence-electron chi connectivity index (χ1n) is 7.94. The number of hydrogen-bond donors (Lipinski definition) is 2. The van der Waals surface area contributed by atoms with Crippen LogP contribution in [0.15, 0.2) is 42.5 Å². The number of carbonyl (C=O) groups is 1. The summed E-state index contributed by atoms with van der Waals surface area (Å²) in [7, 11) is 0. The van der Waals surface area contributed by atoms with E-state index in [4.69, 9.17) is 5.11 Å². The molecular weight excluding hydrogens is 276 g/mol. The van der Waals surface area contributed by atoms with Crippen molar-refractivity contribution in [3.63, 3.8) is 0 Å². The average molecular weight is 302 g/mol. The lowest BCUT2D eigenvalue weighted by atomic mass is 10.0. The molecular formula is C19H26O3. The maximum absolute atomic E-state index is 10.4. The zero-order chi connectivity index (χ0) is 16.2. The summed E-state index contributed by atoms with van der Waals surface area (Å²) in [6.45, 7) is 2.16. The number of carboxylic acids is 1. The van der Waals surface area contributed by atoms with E-state index in [-0.39, 0.29) is 6.42 Å². The molecule has 22 heavy (non-hydrogen) atoms. The zero-order valence-corrected chi connectivity index (χ0v) is 13.2. The highest BCUT2D eigenvalue weighted by Gasteiger charge is 2.02. The van der Waals surface area contributed by atoms with E-state index >= 15 is 0 Å². The van der Waals surface area contributed by atoms with Crippen LogP contribution in [0.4, 0.5) is 0 Å². The number of aliphatic hydroxyl groups is 1. The van der Waals surface area contributed by atoms with Gasteiger partial charge in [0.15, 0.2) is 0 Å². The van der Waals surface area contributed by atoms with E-state index in [9.17, 15) is 9.90 Å². The molecule has 0 unspecified atom stereocenters. The van der Waals surface area contributed by atoms with Crippen molar-refractivity contribution >= 4 is 12.0 Å². The van der Waals surface area contributed by atoms with Gasteiger partial charge in [0.25, 0.3) is 0 Å². The number of rotatable bonds is 10. The van der Waals surface area contributed by atoms with Gasteiger partial charge in [0, 0.05) is 6.42 Å². The van der Waals surface area contributed by atoms with Crippen LogP contribution in [0.2, 0.25) is 0 Å². The van der Waals surface area contributed by atoms with Gasteiger partial charge in [-0.15, -0.1) is 0 Å². The highest BCUT2D eigenvalue weighted by Crippen LogP contribution is 2.13. The van der Waals surface area contributed by atoms with Crippen molar-refractivity contribution in [2.24, 2.45) is 0 Å². The molecule has 120 valence electrons. The second-order valence-electron chi connectivity index (χ2n) is 5.38. The van der Waals surface area contributed by atoms with Crippen molar-refractivity contribution in [3.05, 3.63) is 53.6 Å². The molecule has 0 aliphatic carbocycles. The van der Waals surface area contributed by atoms with Crippen LogP contribution in [0.1, 0.15) is 50.2 Å². The van der Waals surface area contributed by atoms with Gasteiger partial charge in [0.1, 0.15) is 0 Å². The Morgan fingerprint density at radius 2 is 2.05 bits per heavy atom. The molecule has 0 radical (unpaired) electrons. The van der Waals surface area contributed by atoms with Crippen molar-refractivity contribution in [1.82, 2.24) is 0 Å². The van der Waals surface area contributed by atoms with Gasteiger partial charge in [-0.25, -0.2) is 0 Å². The van der Waals surface area contributed by atoms with Gasteiger partial charge in [-0.1, -0.05) is 61.9 Å². The molecule has 0 aliphatic rings. The Hall–Kier alpha value is -1.87. The van der Waals surface area contributed by atoms with E-state index < -0.39 is 12.1 Å². The summed E-state index contributed by atoms with van der Waals surface area (Å²) in [5.74, 6) is -0.816. The number of hydrogen-bond acceptors (Lipinski definition) is 2. The van der Waals surface area contributed by atoms with Gasteiger partial charge in [-0.3, -0.25) is 4.79 Å². The van der Waals surface area contributed by atoms with Crippen LogP contribution in [0, 0.1) is 0 Å². The number of carboxylic acid groups (broad SMARTS) is 1. The fraction of sp³-hybridized carbons (Fsp3) is 0.421. The van der Waals surface area contributed by atoms with Crippen LogP contribution in [0.3, 0.4) is 0 Å². The minimum atomic E-state index is -0.816. The summed E-state index contributed by atoms with van der Waals surface area (Å²) < 4.78 is 0. The van der Waals surface area contributed by atoms with Gasteiger partial charge < -0.3 is 10.2 Å². The van der Waals surface area contributed by atoms with Crippen molar-refractivity contribution < 1.29 is 15.0 Å². The summed E-state index contributed by atoms with van der Waals surface area (Å²) in [5.41, 5.74) is 2.44. The molecule has 1 rings (SSSR count). The SMILES string of the molecule is CCC/C=C/c1ccccc1C/C=C/[C@@H](O)CCCC(=O)O. The first kappa shape index (κ1) is 18.2.